The molecular formula is C18H12Cl3NO3. The molecule has 7 heteroatoms. The van der Waals surface area contributed by atoms with E-state index in [1.807, 2.05) is 6.92 Å². The number of imide groups is 1. The largest absolute Gasteiger partial charge is 0.494 e. The van der Waals surface area contributed by atoms with Crippen LogP contribution in [-0.4, -0.2) is 18.4 Å². The van der Waals surface area contributed by atoms with Crippen LogP contribution in [0, 0.1) is 0 Å². The Balaban J connectivity index is 1.99. The average Bonchev–Trinajstić information content (AvgIpc) is 2.77. The van der Waals surface area contributed by atoms with Gasteiger partial charge in [0.25, 0.3) is 11.8 Å². The van der Waals surface area contributed by atoms with Gasteiger partial charge in [0.05, 0.1) is 17.9 Å². The van der Waals surface area contributed by atoms with E-state index < -0.39 is 11.8 Å². The minimum absolute atomic E-state index is 0.130. The molecule has 0 fully saturated rings. The number of amides is 2. The van der Waals surface area contributed by atoms with Crippen molar-refractivity contribution in [3.8, 4) is 5.75 Å². The highest BCUT2D eigenvalue weighted by atomic mass is 35.5. The van der Waals surface area contributed by atoms with Crippen LogP contribution in [0.3, 0.4) is 0 Å². The quantitative estimate of drug-likeness (QED) is 0.689. The van der Waals surface area contributed by atoms with Gasteiger partial charge in [-0.2, -0.15) is 0 Å². The summed E-state index contributed by atoms with van der Waals surface area (Å²) in [5, 5.41) is 0.479. The van der Waals surface area contributed by atoms with E-state index in [2.05, 4.69) is 0 Å². The number of ether oxygens (including phenoxy) is 1. The molecule has 0 N–H and O–H groups in total. The van der Waals surface area contributed by atoms with Crippen LogP contribution in [0.1, 0.15) is 12.5 Å². The van der Waals surface area contributed by atoms with E-state index in [0.717, 1.165) is 4.90 Å². The van der Waals surface area contributed by atoms with Crippen molar-refractivity contribution in [2.75, 3.05) is 11.5 Å². The number of anilines is 1. The molecule has 1 aliphatic rings. The second kappa shape index (κ2) is 7.08. The lowest BCUT2D eigenvalue weighted by Gasteiger charge is -2.15. The van der Waals surface area contributed by atoms with Crippen molar-refractivity contribution < 1.29 is 14.3 Å². The second-order valence-electron chi connectivity index (χ2n) is 5.22. The fourth-order valence-electron chi connectivity index (χ4n) is 2.54. The zero-order valence-electron chi connectivity index (χ0n) is 13.1. The van der Waals surface area contributed by atoms with Gasteiger partial charge in [-0.05, 0) is 42.8 Å². The number of hydrogen-bond donors (Lipinski definition) is 0. The first-order valence-electron chi connectivity index (χ1n) is 7.40. The number of halogens is 3. The van der Waals surface area contributed by atoms with E-state index >= 15 is 0 Å². The molecule has 0 aliphatic carbocycles. The molecule has 0 atom stereocenters. The Kier molecular flexibility index (Phi) is 5.04. The topological polar surface area (TPSA) is 46.6 Å². The highest BCUT2D eigenvalue weighted by molar-refractivity contribution is 6.60. The number of rotatable bonds is 4. The summed E-state index contributed by atoms with van der Waals surface area (Å²) >= 11 is 18.1. The predicted molar refractivity (Wildman–Crippen MR) is 99.3 cm³/mol. The summed E-state index contributed by atoms with van der Waals surface area (Å²) in [5.41, 5.74) is 0.930. The van der Waals surface area contributed by atoms with Crippen LogP contribution in [-0.2, 0) is 9.59 Å². The lowest BCUT2D eigenvalue weighted by molar-refractivity contribution is -0.119. The SMILES string of the molecule is CCOc1ccc(C2=C(Cl)C(=O)N(c3cc(Cl)cc(Cl)c3)C2=O)cc1. The van der Waals surface area contributed by atoms with E-state index in [-0.39, 0.29) is 16.3 Å². The van der Waals surface area contributed by atoms with Crippen LogP contribution in [0.4, 0.5) is 5.69 Å². The number of hydrogen-bond acceptors (Lipinski definition) is 3. The maximum atomic E-state index is 12.8. The normalized spacial score (nSPS) is 14.5. The second-order valence-corrected chi connectivity index (χ2v) is 6.47. The van der Waals surface area contributed by atoms with Gasteiger partial charge in [0.2, 0.25) is 0 Å². The van der Waals surface area contributed by atoms with E-state index in [0.29, 0.717) is 28.0 Å². The first kappa shape index (κ1) is 17.8. The molecule has 25 heavy (non-hydrogen) atoms. The van der Waals surface area contributed by atoms with Crippen molar-refractivity contribution in [3.05, 3.63) is 63.1 Å². The Hall–Kier alpha value is -2.01. The van der Waals surface area contributed by atoms with Gasteiger partial charge in [-0.25, -0.2) is 4.90 Å². The first-order valence-corrected chi connectivity index (χ1v) is 8.53. The highest BCUT2D eigenvalue weighted by Gasteiger charge is 2.39. The Bertz CT molecular complexity index is 871. The van der Waals surface area contributed by atoms with E-state index in [1.54, 1.807) is 24.3 Å². The molecule has 128 valence electrons. The lowest BCUT2D eigenvalue weighted by Crippen LogP contribution is -2.31. The van der Waals surface area contributed by atoms with Gasteiger partial charge in [0.15, 0.2) is 0 Å². The summed E-state index contributed by atoms with van der Waals surface area (Å²) in [4.78, 5) is 26.3. The number of nitrogens with zero attached hydrogens (tertiary/aromatic N) is 1. The van der Waals surface area contributed by atoms with Crippen molar-refractivity contribution in [2.24, 2.45) is 0 Å². The van der Waals surface area contributed by atoms with Crippen LogP contribution in [0.15, 0.2) is 47.5 Å². The minimum Gasteiger partial charge on any atom is -0.494 e. The van der Waals surface area contributed by atoms with Gasteiger partial charge in [0.1, 0.15) is 10.8 Å². The zero-order valence-corrected chi connectivity index (χ0v) is 15.3. The van der Waals surface area contributed by atoms with Crippen molar-refractivity contribution >= 4 is 57.9 Å². The Morgan fingerprint density at radius 2 is 1.52 bits per heavy atom. The molecule has 0 unspecified atom stereocenters. The Morgan fingerprint density at radius 3 is 2.08 bits per heavy atom. The number of carbonyl (C=O) groups is 2. The Morgan fingerprint density at radius 1 is 0.920 bits per heavy atom. The molecular weight excluding hydrogens is 385 g/mol. The molecule has 1 heterocycles. The van der Waals surface area contributed by atoms with Crippen molar-refractivity contribution in [3.63, 3.8) is 0 Å². The van der Waals surface area contributed by atoms with Crippen molar-refractivity contribution in [2.45, 2.75) is 6.92 Å². The van der Waals surface area contributed by atoms with Crippen LogP contribution >= 0.6 is 34.8 Å². The van der Waals surface area contributed by atoms with Gasteiger partial charge in [0, 0.05) is 10.0 Å². The molecule has 0 saturated carbocycles. The third kappa shape index (κ3) is 3.38. The minimum atomic E-state index is -0.617. The third-order valence-corrected chi connectivity index (χ3v) is 4.37. The molecule has 0 saturated heterocycles. The van der Waals surface area contributed by atoms with E-state index in [9.17, 15) is 9.59 Å². The maximum Gasteiger partial charge on any atom is 0.277 e. The van der Waals surface area contributed by atoms with Gasteiger partial charge < -0.3 is 4.74 Å². The fraction of sp³-hybridized carbons (Fsp3) is 0.111. The molecule has 0 spiro atoms. The van der Waals surface area contributed by atoms with Crippen molar-refractivity contribution in [1.29, 1.82) is 0 Å². The molecule has 1 aliphatic heterocycles. The molecule has 0 radical (unpaired) electrons. The van der Waals surface area contributed by atoms with Crippen LogP contribution in [0.2, 0.25) is 10.0 Å². The number of benzene rings is 2. The molecule has 3 rings (SSSR count). The Labute approximate surface area is 159 Å². The maximum absolute atomic E-state index is 12.8. The summed E-state index contributed by atoms with van der Waals surface area (Å²) < 4.78 is 5.37. The third-order valence-electron chi connectivity index (χ3n) is 3.59. The molecule has 2 amide bonds. The van der Waals surface area contributed by atoms with E-state index in [1.165, 1.54) is 18.2 Å². The summed E-state index contributed by atoms with van der Waals surface area (Å²) in [5.74, 6) is -0.482. The summed E-state index contributed by atoms with van der Waals surface area (Å²) in [6.45, 7) is 2.41. The van der Waals surface area contributed by atoms with Crippen molar-refractivity contribution in [1.82, 2.24) is 0 Å². The predicted octanol–water partition coefficient (Wildman–Crippen LogP) is 4.92. The molecule has 0 aromatic heterocycles. The summed E-state index contributed by atoms with van der Waals surface area (Å²) in [6.07, 6.45) is 0. The van der Waals surface area contributed by atoms with E-state index in [4.69, 9.17) is 39.5 Å². The molecule has 0 bridgehead atoms. The summed E-state index contributed by atoms with van der Waals surface area (Å²) in [7, 11) is 0. The molecule has 2 aromatic carbocycles. The smallest absolute Gasteiger partial charge is 0.277 e. The standard InChI is InChI=1S/C18H12Cl3NO3/c1-2-25-14-5-3-10(4-6-14)15-16(21)18(24)22(17(15)23)13-8-11(19)7-12(20)9-13/h3-9H,2H2,1H3. The van der Waals surface area contributed by atoms with Gasteiger partial charge >= 0.3 is 0 Å². The first-order chi connectivity index (χ1) is 11.9. The van der Waals surface area contributed by atoms with Gasteiger partial charge in [-0.3, -0.25) is 9.59 Å². The average molecular weight is 397 g/mol. The zero-order chi connectivity index (χ0) is 18.1. The van der Waals surface area contributed by atoms with Crippen LogP contribution in [0.25, 0.3) is 5.57 Å². The molecule has 2 aromatic rings. The monoisotopic (exact) mass is 395 g/mol. The number of carbonyl (C=O) groups excluding carboxylic acids is 2. The highest BCUT2D eigenvalue weighted by Crippen LogP contribution is 2.37. The van der Waals surface area contributed by atoms with Gasteiger partial charge in [-0.15, -0.1) is 0 Å². The molecule has 4 nitrogen and oxygen atoms in total. The lowest BCUT2D eigenvalue weighted by atomic mass is 10.1. The summed E-state index contributed by atoms with van der Waals surface area (Å²) in [6, 6.07) is 11.3. The van der Waals surface area contributed by atoms with Crippen LogP contribution < -0.4 is 9.64 Å². The fourth-order valence-corrected chi connectivity index (χ4v) is 3.33. The van der Waals surface area contributed by atoms with Gasteiger partial charge in [-0.1, -0.05) is 46.9 Å². The van der Waals surface area contributed by atoms with Crippen LogP contribution in [0.5, 0.6) is 5.75 Å².